The van der Waals surface area contributed by atoms with Crippen LogP contribution in [0.15, 0.2) is 48.5 Å². The summed E-state index contributed by atoms with van der Waals surface area (Å²) in [5, 5.41) is 9.60. The third kappa shape index (κ3) is 3.93. The molecule has 0 fully saturated rings. The lowest BCUT2D eigenvalue weighted by Crippen LogP contribution is -2.01. The number of ether oxygens (including phenoxy) is 1. The first-order valence-corrected chi connectivity index (χ1v) is 9.05. The van der Waals surface area contributed by atoms with Crippen LogP contribution >= 0.6 is 0 Å². The first kappa shape index (κ1) is 18.5. The summed E-state index contributed by atoms with van der Waals surface area (Å²) in [4.78, 5) is 4.49. The Hall–Kier alpha value is -3.32. The average Bonchev–Trinajstić information content (AvgIpc) is 2.68. The van der Waals surface area contributed by atoms with Crippen LogP contribution in [0.4, 0.5) is 5.82 Å². The van der Waals surface area contributed by atoms with Crippen molar-refractivity contribution in [2.45, 2.75) is 27.2 Å². The van der Waals surface area contributed by atoms with Crippen molar-refractivity contribution in [3.8, 4) is 34.2 Å². The lowest BCUT2D eigenvalue weighted by molar-refractivity contribution is 0.317. The minimum atomic E-state index is 0.247. The minimum absolute atomic E-state index is 0.247. The van der Waals surface area contributed by atoms with Crippen molar-refractivity contribution in [1.82, 2.24) is 4.98 Å². The van der Waals surface area contributed by atoms with Crippen LogP contribution < -0.4 is 10.5 Å². The van der Waals surface area contributed by atoms with Crippen LogP contribution in [0, 0.1) is 25.2 Å². The third-order valence-corrected chi connectivity index (χ3v) is 4.47. The summed E-state index contributed by atoms with van der Waals surface area (Å²) >= 11 is 0. The molecule has 1 heterocycles. The highest BCUT2D eigenvalue weighted by molar-refractivity contribution is 5.81. The van der Waals surface area contributed by atoms with Gasteiger partial charge in [0, 0.05) is 11.1 Å². The molecule has 0 saturated carbocycles. The maximum Gasteiger partial charge on any atom is 0.142 e. The van der Waals surface area contributed by atoms with Crippen LogP contribution in [0.1, 0.15) is 30.0 Å². The smallest absolute Gasteiger partial charge is 0.142 e. The summed E-state index contributed by atoms with van der Waals surface area (Å²) in [6, 6.07) is 18.1. The number of hydrogen-bond acceptors (Lipinski definition) is 4. The van der Waals surface area contributed by atoms with E-state index in [0.717, 1.165) is 45.7 Å². The molecule has 2 N–H and O–H groups in total. The van der Waals surface area contributed by atoms with Gasteiger partial charge in [0.15, 0.2) is 0 Å². The van der Waals surface area contributed by atoms with Crippen LogP contribution in [0.5, 0.6) is 5.75 Å². The fourth-order valence-corrected chi connectivity index (χ4v) is 3.01. The number of benzene rings is 2. The number of aryl methyl sites for hydroxylation is 2. The van der Waals surface area contributed by atoms with Gasteiger partial charge in [0.05, 0.1) is 12.3 Å². The summed E-state index contributed by atoms with van der Waals surface area (Å²) in [7, 11) is 0. The molecule has 4 nitrogen and oxygen atoms in total. The largest absolute Gasteiger partial charge is 0.494 e. The molecular weight excluding hydrogens is 334 g/mol. The van der Waals surface area contributed by atoms with Gasteiger partial charge in [-0.25, -0.2) is 4.98 Å². The zero-order chi connectivity index (χ0) is 19.4. The van der Waals surface area contributed by atoms with Gasteiger partial charge in [-0.15, -0.1) is 0 Å². The SMILES string of the molecule is CCCOc1ccc(-c2cc(-c3cc(C)ccc3C)nc(N)c2C#N)cc1. The van der Waals surface area contributed by atoms with E-state index in [1.165, 1.54) is 0 Å². The molecule has 0 unspecified atom stereocenters. The standard InChI is InChI=1S/C23H23N3O/c1-4-11-27-18-9-7-17(8-10-18)20-13-22(26-23(25)21(20)14-24)19-12-15(2)5-6-16(19)3/h5-10,12-13H,4,11H2,1-3H3,(H2,25,26). The number of pyridine rings is 1. The molecule has 3 rings (SSSR count). The van der Waals surface area contributed by atoms with Gasteiger partial charge in [-0.2, -0.15) is 5.26 Å². The molecule has 0 amide bonds. The van der Waals surface area contributed by atoms with E-state index in [1.54, 1.807) is 0 Å². The Bertz CT molecular complexity index is 1000. The van der Waals surface area contributed by atoms with Gasteiger partial charge in [-0.05, 0) is 55.7 Å². The normalized spacial score (nSPS) is 10.4. The molecule has 27 heavy (non-hydrogen) atoms. The molecule has 2 aromatic carbocycles. The molecule has 0 atom stereocenters. The lowest BCUT2D eigenvalue weighted by Gasteiger charge is -2.13. The summed E-state index contributed by atoms with van der Waals surface area (Å²) in [5.74, 6) is 1.06. The zero-order valence-corrected chi connectivity index (χ0v) is 15.9. The van der Waals surface area contributed by atoms with Gasteiger partial charge >= 0.3 is 0 Å². The van der Waals surface area contributed by atoms with Crippen LogP contribution in [-0.2, 0) is 0 Å². The van der Waals surface area contributed by atoms with Gasteiger partial charge in [0.1, 0.15) is 23.2 Å². The molecule has 0 bridgehead atoms. The Labute approximate surface area is 160 Å². The Morgan fingerprint density at radius 2 is 1.78 bits per heavy atom. The van der Waals surface area contributed by atoms with Gasteiger partial charge in [-0.1, -0.05) is 36.8 Å². The molecule has 0 aliphatic heterocycles. The average molecular weight is 357 g/mol. The second kappa shape index (κ2) is 7.92. The monoisotopic (exact) mass is 357 g/mol. The molecule has 0 spiro atoms. The number of hydrogen-bond donors (Lipinski definition) is 1. The molecule has 0 aliphatic carbocycles. The number of aromatic nitrogens is 1. The number of anilines is 1. The molecule has 4 heteroatoms. The molecule has 1 aromatic heterocycles. The molecule has 0 radical (unpaired) electrons. The molecular formula is C23H23N3O. The number of nitrogens with two attached hydrogens (primary N) is 1. The van der Waals surface area contributed by atoms with Crippen molar-refractivity contribution in [3.05, 3.63) is 65.2 Å². The van der Waals surface area contributed by atoms with E-state index in [4.69, 9.17) is 10.5 Å². The van der Waals surface area contributed by atoms with Crippen molar-refractivity contribution in [3.63, 3.8) is 0 Å². The third-order valence-electron chi connectivity index (χ3n) is 4.47. The summed E-state index contributed by atoms with van der Waals surface area (Å²) < 4.78 is 5.65. The highest BCUT2D eigenvalue weighted by atomic mass is 16.5. The van der Waals surface area contributed by atoms with E-state index < -0.39 is 0 Å². The van der Waals surface area contributed by atoms with E-state index in [2.05, 4.69) is 36.2 Å². The predicted molar refractivity (Wildman–Crippen MR) is 109 cm³/mol. The number of nitriles is 1. The summed E-state index contributed by atoms with van der Waals surface area (Å²) in [5.41, 5.74) is 12.3. The van der Waals surface area contributed by atoms with Crippen LogP contribution in [-0.4, -0.2) is 11.6 Å². The van der Waals surface area contributed by atoms with Gasteiger partial charge in [0.25, 0.3) is 0 Å². The zero-order valence-electron chi connectivity index (χ0n) is 15.9. The molecule has 0 aliphatic rings. The Balaban J connectivity index is 2.10. The molecule has 0 saturated heterocycles. The van der Waals surface area contributed by atoms with E-state index >= 15 is 0 Å². The molecule has 136 valence electrons. The maximum atomic E-state index is 9.60. The van der Waals surface area contributed by atoms with Crippen molar-refractivity contribution < 1.29 is 4.74 Å². The van der Waals surface area contributed by atoms with Crippen LogP contribution in [0.2, 0.25) is 0 Å². The highest BCUT2D eigenvalue weighted by Gasteiger charge is 2.14. The quantitative estimate of drug-likeness (QED) is 0.675. The second-order valence-electron chi connectivity index (χ2n) is 6.62. The first-order valence-electron chi connectivity index (χ1n) is 9.05. The van der Waals surface area contributed by atoms with Gasteiger partial charge in [-0.3, -0.25) is 0 Å². The topological polar surface area (TPSA) is 71.9 Å². The Kier molecular flexibility index (Phi) is 5.42. The fourth-order valence-electron chi connectivity index (χ4n) is 3.01. The Morgan fingerprint density at radius 1 is 1.04 bits per heavy atom. The van der Waals surface area contributed by atoms with Crippen LogP contribution in [0.3, 0.4) is 0 Å². The molecule has 3 aromatic rings. The van der Waals surface area contributed by atoms with Crippen molar-refractivity contribution >= 4 is 5.82 Å². The van der Waals surface area contributed by atoms with Crippen molar-refractivity contribution in [2.75, 3.05) is 12.3 Å². The van der Waals surface area contributed by atoms with Crippen molar-refractivity contribution in [1.29, 1.82) is 5.26 Å². The predicted octanol–water partition coefficient (Wildman–Crippen LogP) is 5.28. The van der Waals surface area contributed by atoms with E-state index in [0.29, 0.717) is 12.2 Å². The van der Waals surface area contributed by atoms with Gasteiger partial charge < -0.3 is 10.5 Å². The Morgan fingerprint density at radius 3 is 2.44 bits per heavy atom. The minimum Gasteiger partial charge on any atom is -0.494 e. The number of nitrogen functional groups attached to an aromatic ring is 1. The van der Waals surface area contributed by atoms with Crippen molar-refractivity contribution in [2.24, 2.45) is 0 Å². The number of rotatable bonds is 5. The van der Waals surface area contributed by atoms with Crippen LogP contribution in [0.25, 0.3) is 22.4 Å². The first-order chi connectivity index (χ1) is 13.0. The second-order valence-corrected chi connectivity index (χ2v) is 6.62. The fraction of sp³-hybridized carbons (Fsp3) is 0.217. The maximum absolute atomic E-state index is 9.60. The van der Waals surface area contributed by atoms with E-state index in [9.17, 15) is 5.26 Å². The van der Waals surface area contributed by atoms with E-state index in [-0.39, 0.29) is 5.82 Å². The highest BCUT2D eigenvalue weighted by Crippen LogP contribution is 2.33. The summed E-state index contributed by atoms with van der Waals surface area (Å²) in [6.45, 7) is 6.85. The van der Waals surface area contributed by atoms with Gasteiger partial charge in [0.2, 0.25) is 0 Å². The number of nitrogens with zero attached hydrogens (tertiary/aromatic N) is 2. The lowest BCUT2D eigenvalue weighted by atomic mass is 9.96. The van der Waals surface area contributed by atoms with E-state index in [1.807, 2.05) is 44.2 Å². The summed E-state index contributed by atoms with van der Waals surface area (Å²) in [6.07, 6.45) is 0.959.